The first kappa shape index (κ1) is 20.1. The second-order valence-corrected chi connectivity index (χ2v) is 8.11. The number of aromatic nitrogens is 3. The Labute approximate surface area is 185 Å². The molecule has 0 spiro atoms. The van der Waals surface area contributed by atoms with E-state index in [-0.39, 0.29) is 17.9 Å². The molecule has 162 valence electrons. The quantitative estimate of drug-likeness (QED) is 0.449. The van der Waals surface area contributed by atoms with E-state index in [0.29, 0.717) is 23.8 Å². The van der Waals surface area contributed by atoms with E-state index in [2.05, 4.69) is 33.7 Å². The lowest BCUT2D eigenvalue weighted by atomic mass is 10.1. The largest absolute Gasteiger partial charge is 0.343 e. The summed E-state index contributed by atoms with van der Waals surface area (Å²) in [5.41, 5.74) is 3.84. The number of carbonyl (C=O) groups excluding carboxylic acids is 2. The van der Waals surface area contributed by atoms with Crippen molar-refractivity contribution in [1.82, 2.24) is 19.4 Å². The topological polar surface area (TPSA) is 81.0 Å². The van der Waals surface area contributed by atoms with Gasteiger partial charge in [0, 0.05) is 29.6 Å². The van der Waals surface area contributed by atoms with Gasteiger partial charge < -0.3 is 14.5 Å². The molecule has 7 heteroatoms. The normalized spacial score (nSPS) is 15.5. The van der Waals surface area contributed by atoms with E-state index in [4.69, 9.17) is 0 Å². The van der Waals surface area contributed by atoms with Gasteiger partial charge in [-0.15, -0.1) is 6.58 Å². The molecule has 0 bridgehead atoms. The van der Waals surface area contributed by atoms with Crippen molar-refractivity contribution in [2.24, 2.45) is 0 Å². The number of benzene rings is 2. The third-order valence-corrected chi connectivity index (χ3v) is 5.99. The van der Waals surface area contributed by atoms with E-state index < -0.39 is 0 Å². The van der Waals surface area contributed by atoms with Gasteiger partial charge in [-0.3, -0.25) is 14.9 Å². The highest BCUT2D eigenvalue weighted by atomic mass is 16.2. The van der Waals surface area contributed by atoms with E-state index in [1.807, 2.05) is 47.0 Å². The van der Waals surface area contributed by atoms with Crippen LogP contribution in [-0.2, 0) is 13.1 Å². The Morgan fingerprint density at radius 3 is 2.91 bits per heavy atom. The number of anilines is 1. The zero-order valence-electron chi connectivity index (χ0n) is 18.0. The van der Waals surface area contributed by atoms with Crippen molar-refractivity contribution in [3.8, 4) is 0 Å². The smallest absolute Gasteiger partial charge is 0.268 e. The molecule has 2 amide bonds. The molecule has 5 rings (SSSR count). The zero-order valence-corrected chi connectivity index (χ0v) is 18.0. The summed E-state index contributed by atoms with van der Waals surface area (Å²) >= 11 is 0. The summed E-state index contributed by atoms with van der Waals surface area (Å²) in [6.07, 6.45) is 3.77. The molecule has 2 aromatic heterocycles. The molecular formula is C25H25N5O2. The number of rotatable bonds is 6. The van der Waals surface area contributed by atoms with Crippen LogP contribution in [0.5, 0.6) is 0 Å². The molecule has 0 aliphatic carbocycles. The minimum atomic E-state index is -0.226. The highest BCUT2D eigenvalue weighted by Crippen LogP contribution is 2.26. The summed E-state index contributed by atoms with van der Waals surface area (Å²) in [6, 6.07) is 15.1. The van der Waals surface area contributed by atoms with Crippen LogP contribution in [0.1, 0.15) is 40.6 Å². The number of hydrogen-bond donors (Lipinski definition) is 2. The summed E-state index contributed by atoms with van der Waals surface area (Å²) in [6.45, 7) is 7.31. The summed E-state index contributed by atoms with van der Waals surface area (Å²) < 4.78 is 4.02. The fraction of sp³-hybridized carbons (Fsp3) is 0.240. The van der Waals surface area contributed by atoms with Gasteiger partial charge >= 0.3 is 0 Å². The molecule has 1 unspecified atom stereocenters. The minimum Gasteiger partial charge on any atom is -0.343 e. The zero-order chi connectivity index (χ0) is 22.2. The van der Waals surface area contributed by atoms with Crippen LogP contribution in [0.15, 0.2) is 61.2 Å². The molecule has 2 N–H and O–H groups in total. The number of nitrogens with zero attached hydrogens (tertiary/aromatic N) is 3. The Balaban J connectivity index is 1.50. The van der Waals surface area contributed by atoms with Crippen LogP contribution in [0, 0.1) is 0 Å². The molecule has 1 atom stereocenters. The first-order valence-electron chi connectivity index (χ1n) is 10.9. The van der Waals surface area contributed by atoms with Crippen LogP contribution in [-0.4, -0.2) is 32.0 Å². The van der Waals surface area contributed by atoms with Gasteiger partial charge in [0.1, 0.15) is 5.69 Å². The summed E-state index contributed by atoms with van der Waals surface area (Å²) in [5.74, 6) is 0.192. The van der Waals surface area contributed by atoms with Gasteiger partial charge in [0.25, 0.3) is 11.8 Å². The Hall–Kier alpha value is -3.87. The molecule has 0 radical (unpaired) electrons. The SMILES string of the molecule is C=CC1Cn2c(cc3ccc(C(=O)Nc4nc5ccccc5n4CCCC)cc32)C(=O)N1. The number of para-hydroxylation sites is 2. The van der Waals surface area contributed by atoms with Crippen LogP contribution < -0.4 is 10.6 Å². The number of hydrogen-bond acceptors (Lipinski definition) is 3. The van der Waals surface area contributed by atoms with Gasteiger partial charge in [0.15, 0.2) is 0 Å². The Bertz CT molecular complexity index is 1360. The number of fused-ring (bicyclic) bond motifs is 4. The number of unbranched alkanes of at least 4 members (excludes halogenated alkanes) is 1. The lowest BCUT2D eigenvalue weighted by molar-refractivity contribution is 0.0914. The van der Waals surface area contributed by atoms with E-state index >= 15 is 0 Å². The Morgan fingerprint density at radius 2 is 2.09 bits per heavy atom. The Morgan fingerprint density at radius 1 is 1.25 bits per heavy atom. The van der Waals surface area contributed by atoms with Crippen molar-refractivity contribution in [3.05, 3.63) is 72.4 Å². The molecule has 0 saturated heterocycles. The van der Waals surface area contributed by atoms with Crippen LogP contribution in [0.3, 0.4) is 0 Å². The molecular weight excluding hydrogens is 402 g/mol. The number of amides is 2. The third-order valence-electron chi connectivity index (χ3n) is 5.99. The molecule has 32 heavy (non-hydrogen) atoms. The maximum atomic E-state index is 13.2. The third kappa shape index (κ3) is 3.36. The van der Waals surface area contributed by atoms with Crippen LogP contribution in [0.2, 0.25) is 0 Å². The molecule has 0 fully saturated rings. The summed E-state index contributed by atoms with van der Waals surface area (Å²) in [7, 11) is 0. The highest BCUT2D eigenvalue weighted by molar-refractivity contribution is 6.07. The van der Waals surface area contributed by atoms with Crippen molar-refractivity contribution < 1.29 is 9.59 Å². The summed E-state index contributed by atoms with van der Waals surface area (Å²) in [4.78, 5) is 30.2. The first-order valence-corrected chi connectivity index (χ1v) is 10.9. The van der Waals surface area contributed by atoms with E-state index in [1.165, 1.54) is 0 Å². The minimum absolute atomic E-state index is 0.131. The van der Waals surface area contributed by atoms with E-state index in [9.17, 15) is 9.59 Å². The van der Waals surface area contributed by atoms with Gasteiger partial charge in [-0.25, -0.2) is 4.98 Å². The van der Waals surface area contributed by atoms with Crippen molar-refractivity contribution >= 4 is 39.7 Å². The van der Waals surface area contributed by atoms with Crippen molar-refractivity contribution in [1.29, 1.82) is 0 Å². The molecule has 0 saturated carbocycles. The number of aryl methyl sites for hydroxylation is 1. The molecule has 1 aliphatic rings. The van der Waals surface area contributed by atoms with Crippen LogP contribution in [0.4, 0.5) is 5.95 Å². The highest BCUT2D eigenvalue weighted by Gasteiger charge is 2.25. The van der Waals surface area contributed by atoms with Crippen LogP contribution >= 0.6 is 0 Å². The maximum absolute atomic E-state index is 13.2. The van der Waals surface area contributed by atoms with E-state index in [1.54, 1.807) is 12.1 Å². The number of imidazole rings is 1. The molecule has 4 aromatic rings. The lowest BCUT2D eigenvalue weighted by Crippen LogP contribution is -2.42. The second-order valence-electron chi connectivity index (χ2n) is 8.11. The van der Waals surface area contributed by atoms with Gasteiger partial charge in [-0.05, 0) is 36.8 Å². The van der Waals surface area contributed by atoms with Crippen molar-refractivity contribution in [2.45, 2.75) is 38.9 Å². The second kappa shape index (κ2) is 8.00. The average molecular weight is 428 g/mol. The summed E-state index contributed by atoms with van der Waals surface area (Å²) in [5, 5.41) is 6.84. The van der Waals surface area contributed by atoms with Gasteiger partial charge in [0.05, 0.1) is 17.1 Å². The standard InChI is InChI=1S/C25H25N5O2/c1-3-5-12-29-20-9-7-6-8-19(20)27-25(29)28-23(31)17-11-10-16-13-22-24(32)26-18(4-2)15-30(22)21(16)14-17/h4,6-11,13-14,18H,2-3,5,12,15H2,1H3,(H,26,32)(H,27,28,31). The molecule has 1 aliphatic heterocycles. The monoisotopic (exact) mass is 427 g/mol. The molecule has 7 nitrogen and oxygen atoms in total. The first-order chi connectivity index (χ1) is 15.6. The fourth-order valence-electron chi connectivity index (χ4n) is 4.29. The lowest BCUT2D eigenvalue weighted by Gasteiger charge is -2.23. The molecule has 2 aromatic carbocycles. The molecule has 3 heterocycles. The van der Waals surface area contributed by atoms with Gasteiger partial charge in [-0.1, -0.05) is 37.6 Å². The van der Waals surface area contributed by atoms with E-state index in [0.717, 1.165) is 41.3 Å². The van der Waals surface area contributed by atoms with Crippen LogP contribution in [0.25, 0.3) is 21.9 Å². The fourth-order valence-corrected chi connectivity index (χ4v) is 4.29. The predicted molar refractivity (Wildman–Crippen MR) is 126 cm³/mol. The van der Waals surface area contributed by atoms with Gasteiger partial charge in [0.2, 0.25) is 5.95 Å². The Kier molecular flexibility index (Phi) is 5.01. The van der Waals surface area contributed by atoms with Crippen molar-refractivity contribution in [2.75, 3.05) is 5.32 Å². The maximum Gasteiger partial charge on any atom is 0.268 e. The predicted octanol–water partition coefficient (Wildman–Crippen LogP) is 4.34. The number of nitrogens with one attached hydrogen (secondary N) is 2. The number of carbonyl (C=O) groups is 2. The van der Waals surface area contributed by atoms with Crippen molar-refractivity contribution in [3.63, 3.8) is 0 Å². The van der Waals surface area contributed by atoms with Gasteiger partial charge in [-0.2, -0.15) is 0 Å². The average Bonchev–Trinajstić information content (AvgIpc) is 3.35.